The van der Waals surface area contributed by atoms with E-state index in [0.717, 1.165) is 64.2 Å². The number of carbonyl (C=O) groups is 1. The molecule has 0 bridgehead atoms. The molecule has 0 heterocycles. The highest BCUT2D eigenvalue weighted by Crippen LogP contribution is 2.43. The number of allylic oxidation sites excluding steroid dienone is 7. The molecule has 0 spiro atoms. The van der Waals surface area contributed by atoms with Gasteiger partial charge in [-0.05, 0) is 51.4 Å². The smallest absolute Gasteiger partial charge is 0.387 e. The van der Waals surface area contributed by atoms with E-state index in [-0.39, 0.29) is 19.1 Å². The molecule has 3 unspecified atom stereocenters. The van der Waals surface area contributed by atoms with Crippen LogP contribution in [0.2, 0.25) is 0 Å². The summed E-state index contributed by atoms with van der Waals surface area (Å²) in [4.78, 5) is 22.8. The van der Waals surface area contributed by atoms with Gasteiger partial charge in [0.2, 0.25) is 5.91 Å². The number of nitrogens with zero attached hydrogens (tertiary/aromatic N) is 1. The van der Waals surface area contributed by atoms with Crippen LogP contribution >= 0.6 is 7.82 Å². The number of aliphatic hydroxyl groups excluding tert-OH is 1. The molecule has 9 heteroatoms. The van der Waals surface area contributed by atoms with Gasteiger partial charge in [-0.1, -0.05) is 107 Å². The molecule has 0 radical (unpaired) electrons. The Morgan fingerprint density at radius 1 is 0.795 bits per heavy atom. The fourth-order valence-corrected chi connectivity index (χ4v) is 5.02. The van der Waals surface area contributed by atoms with E-state index in [4.69, 9.17) is 9.05 Å². The van der Waals surface area contributed by atoms with E-state index >= 15 is 0 Å². The molecule has 0 fully saturated rings. The van der Waals surface area contributed by atoms with Crippen molar-refractivity contribution >= 4 is 13.7 Å². The standard InChI is InChI=1S/C35H65N2O6P/c1-6-8-10-12-14-16-17-18-19-21-23-25-27-29-35(39)36-33(32-43-44(40,41)42-31-30-37(3,4)5)34(38)28-26-24-22-20-15-13-11-9-7-2/h8,10,14,16,18-19,26,28,33-34,38H,6-7,9,11-13,15,17,20-25,27,29-32H2,1-5H3,(H-,36,39,40,41)/p+1/b10-8-,16-14-,19-18-,28-26+. The van der Waals surface area contributed by atoms with Gasteiger partial charge in [0.25, 0.3) is 0 Å². The molecule has 0 aromatic carbocycles. The Labute approximate surface area is 269 Å². The molecule has 0 aliphatic rings. The number of hydrogen-bond donors (Lipinski definition) is 3. The number of phosphoric ester groups is 1. The Morgan fingerprint density at radius 2 is 1.36 bits per heavy atom. The minimum atomic E-state index is -4.33. The first-order chi connectivity index (χ1) is 21.0. The van der Waals surface area contributed by atoms with Crippen LogP contribution in [-0.2, 0) is 18.4 Å². The number of hydrogen-bond acceptors (Lipinski definition) is 5. The van der Waals surface area contributed by atoms with E-state index in [9.17, 15) is 19.4 Å². The molecule has 0 aliphatic heterocycles. The lowest BCUT2D eigenvalue weighted by atomic mass is 10.1. The quantitative estimate of drug-likeness (QED) is 0.0329. The average Bonchev–Trinajstić information content (AvgIpc) is 2.95. The molecule has 8 nitrogen and oxygen atoms in total. The van der Waals surface area contributed by atoms with Crippen LogP contribution in [-0.4, -0.2) is 73.4 Å². The highest BCUT2D eigenvalue weighted by atomic mass is 31.2. The largest absolute Gasteiger partial charge is 0.472 e. The van der Waals surface area contributed by atoms with Crippen molar-refractivity contribution in [3.05, 3.63) is 48.6 Å². The van der Waals surface area contributed by atoms with Crippen LogP contribution in [0.1, 0.15) is 117 Å². The van der Waals surface area contributed by atoms with Crippen LogP contribution in [0.3, 0.4) is 0 Å². The predicted octanol–water partition coefficient (Wildman–Crippen LogP) is 8.18. The maximum absolute atomic E-state index is 12.7. The number of aliphatic hydroxyl groups is 1. The lowest BCUT2D eigenvalue weighted by Gasteiger charge is -2.25. The van der Waals surface area contributed by atoms with Crippen molar-refractivity contribution in [1.82, 2.24) is 5.32 Å². The Balaban J connectivity index is 4.67. The van der Waals surface area contributed by atoms with Gasteiger partial charge in [0, 0.05) is 6.42 Å². The number of carbonyl (C=O) groups excluding carboxylic acids is 1. The van der Waals surface area contributed by atoms with Crippen molar-refractivity contribution in [2.75, 3.05) is 40.9 Å². The molecule has 256 valence electrons. The van der Waals surface area contributed by atoms with Gasteiger partial charge in [0.1, 0.15) is 13.2 Å². The third kappa shape index (κ3) is 29.2. The summed E-state index contributed by atoms with van der Waals surface area (Å²) in [6, 6.07) is -0.858. The second-order valence-corrected chi connectivity index (χ2v) is 14.0. The highest BCUT2D eigenvalue weighted by Gasteiger charge is 2.27. The van der Waals surface area contributed by atoms with Gasteiger partial charge in [-0.15, -0.1) is 0 Å². The maximum Gasteiger partial charge on any atom is 0.472 e. The first-order valence-corrected chi connectivity index (χ1v) is 18.5. The zero-order valence-electron chi connectivity index (χ0n) is 28.6. The van der Waals surface area contributed by atoms with Crippen molar-refractivity contribution < 1.29 is 32.9 Å². The van der Waals surface area contributed by atoms with Crippen LogP contribution in [0, 0.1) is 0 Å². The van der Waals surface area contributed by atoms with Crippen LogP contribution in [0.15, 0.2) is 48.6 Å². The van der Waals surface area contributed by atoms with Crippen LogP contribution in [0.5, 0.6) is 0 Å². The topological polar surface area (TPSA) is 105 Å². The fourth-order valence-electron chi connectivity index (χ4n) is 4.29. The third-order valence-electron chi connectivity index (χ3n) is 7.05. The summed E-state index contributed by atoms with van der Waals surface area (Å²) in [6.45, 7) is 4.60. The Morgan fingerprint density at radius 3 is 2.00 bits per heavy atom. The normalized spacial score (nSPS) is 15.5. The predicted molar refractivity (Wildman–Crippen MR) is 184 cm³/mol. The molecule has 1 amide bonds. The van der Waals surface area contributed by atoms with Gasteiger partial charge in [0.05, 0.1) is 39.9 Å². The van der Waals surface area contributed by atoms with E-state index < -0.39 is 20.0 Å². The Kier molecular flexibility index (Phi) is 26.8. The summed E-state index contributed by atoms with van der Waals surface area (Å²) >= 11 is 0. The van der Waals surface area contributed by atoms with Crippen molar-refractivity contribution in [3.8, 4) is 0 Å². The molecular formula is C35H66N2O6P+. The molecule has 3 N–H and O–H groups in total. The molecule has 0 saturated heterocycles. The summed E-state index contributed by atoms with van der Waals surface area (Å²) in [7, 11) is 1.54. The van der Waals surface area contributed by atoms with E-state index in [1.807, 2.05) is 27.2 Å². The summed E-state index contributed by atoms with van der Waals surface area (Å²) in [5, 5.41) is 13.6. The monoisotopic (exact) mass is 641 g/mol. The van der Waals surface area contributed by atoms with Gasteiger partial charge in [-0.3, -0.25) is 13.8 Å². The summed E-state index contributed by atoms with van der Waals surface area (Å²) in [5.74, 6) is -0.213. The lowest BCUT2D eigenvalue weighted by molar-refractivity contribution is -0.870. The Bertz CT molecular complexity index is 866. The van der Waals surface area contributed by atoms with E-state index in [2.05, 4.69) is 55.6 Å². The lowest BCUT2D eigenvalue weighted by Crippen LogP contribution is -2.45. The molecule has 0 rings (SSSR count). The van der Waals surface area contributed by atoms with Crippen LogP contribution < -0.4 is 5.32 Å². The number of nitrogens with one attached hydrogen (secondary N) is 1. The van der Waals surface area contributed by atoms with Crippen molar-refractivity contribution in [2.24, 2.45) is 0 Å². The average molecular weight is 642 g/mol. The molecule has 44 heavy (non-hydrogen) atoms. The third-order valence-corrected chi connectivity index (χ3v) is 8.04. The van der Waals surface area contributed by atoms with Crippen LogP contribution in [0.4, 0.5) is 0 Å². The van der Waals surface area contributed by atoms with Gasteiger partial charge in [0.15, 0.2) is 0 Å². The highest BCUT2D eigenvalue weighted by molar-refractivity contribution is 7.47. The van der Waals surface area contributed by atoms with Crippen molar-refractivity contribution in [1.29, 1.82) is 0 Å². The Hall–Kier alpha value is -1.54. The fraction of sp³-hybridized carbons (Fsp3) is 0.743. The summed E-state index contributed by atoms with van der Waals surface area (Å²) < 4.78 is 23.3. The van der Waals surface area contributed by atoms with Crippen molar-refractivity contribution in [2.45, 2.75) is 129 Å². The van der Waals surface area contributed by atoms with E-state index in [1.54, 1.807) is 6.08 Å². The zero-order valence-corrected chi connectivity index (χ0v) is 29.5. The molecule has 0 saturated carbocycles. The van der Waals surface area contributed by atoms with Gasteiger partial charge in [-0.2, -0.15) is 0 Å². The number of amides is 1. The summed E-state index contributed by atoms with van der Waals surface area (Å²) in [5.41, 5.74) is 0. The molecule has 0 aromatic rings. The minimum Gasteiger partial charge on any atom is -0.387 e. The molecule has 3 atom stereocenters. The second kappa shape index (κ2) is 27.7. The van der Waals surface area contributed by atoms with Crippen molar-refractivity contribution in [3.63, 3.8) is 0 Å². The zero-order chi connectivity index (χ0) is 32.9. The molecule has 0 aliphatic carbocycles. The molecule has 0 aromatic heterocycles. The number of unbranched alkanes of at least 4 members (excludes halogenated alkanes) is 10. The van der Waals surface area contributed by atoms with Gasteiger partial charge in [-0.25, -0.2) is 4.57 Å². The van der Waals surface area contributed by atoms with Gasteiger partial charge >= 0.3 is 7.82 Å². The first-order valence-electron chi connectivity index (χ1n) is 17.0. The van der Waals surface area contributed by atoms with E-state index in [1.165, 1.54) is 32.1 Å². The number of rotatable bonds is 29. The molecular weight excluding hydrogens is 575 g/mol. The number of quaternary nitrogens is 1. The minimum absolute atomic E-state index is 0.0533. The SMILES string of the molecule is CC/C=C\C/C=C\C/C=C\CCCCCC(=O)NC(COP(=O)(O)OCC[N+](C)(C)C)C(O)/C=C/CCCCCCCCC. The summed E-state index contributed by atoms with van der Waals surface area (Å²) in [6.07, 6.45) is 31.8. The first kappa shape index (κ1) is 42.5. The van der Waals surface area contributed by atoms with E-state index in [0.29, 0.717) is 17.4 Å². The second-order valence-electron chi connectivity index (χ2n) is 12.5. The van der Waals surface area contributed by atoms with Gasteiger partial charge < -0.3 is 19.8 Å². The number of phosphoric acid groups is 1. The maximum atomic E-state index is 12.7. The number of likely N-dealkylation sites (N-methyl/N-ethyl adjacent to an activating group) is 1. The van der Waals surface area contributed by atoms with Crippen LogP contribution in [0.25, 0.3) is 0 Å².